The van der Waals surface area contributed by atoms with Crippen LogP contribution in [0.3, 0.4) is 0 Å². The van der Waals surface area contributed by atoms with Crippen molar-refractivity contribution in [3.63, 3.8) is 0 Å². The molecule has 6 nitrogen and oxygen atoms in total. The normalized spacial score (nSPS) is 16.2. The molecule has 0 bridgehead atoms. The largest absolute Gasteiger partial charge is 0.355 e. The Morgan fingerprint density at radius 3 is 2.76 bits per heavy atom. The molecule has 2 aromatic heterocycles. The van der Waals surface area contributed by atoms with E-state index in [1.54, 1.807) is 17.7 Å². The summed E-state index contributed by atoms with van der Waals surface area (Å²) < 4.78 is 0. The van der Waals surface area contributed by atoms with Gasteiger partial charge >= 0.3 is 0 Å². The predicted molar refractivity (Wildman–Crippen MR) is 103 cm³/mol. The van der Waals surface area contributed by atoms with Crippen LogP contribution in [0.1, 0.15) is 25.1 Å². The second kappa shape index (κ2) is 8.10. The number of aryl methyl sites for hydroxylation is 1. The molecule has 0 saturated carbocycles. The number of carbonyl (C=O) groups excluding carboxylic acids is 1. The lowest BCUT2D eigenvalue weighted by Gasteiger charge is -2.25. The summed E-state index contributed by atoms with van der Waals surface area (Å²) in [4.78, 5) is 30.2. The van der Waals surface area contributed by atoms with Crippen LogP contribution >= 0.6 is 11.3 Å². The van der Waals surface area contributed by atoms with Crippen LogP contribution in [0.4, 0.5) is 5.82 Å². The highest BCUT2D eigenvalue weighted by molar-refractivity contribution is 7.18. The molecule has 0 radical (unpaired) electrons. The molecule has 0 aliphatic carbocycles. The van der Waals surface area contributed by atoms with Crippen molar-refractivity contribution in [3.8, 4) is 0 Å². The SMILES string of the molecule is CCN(CC)C(=O)CN1CCCN(c2ncnc3sc(C)cc23)CC1. The molecule has 0 aromatic carbocycles. The van der Waals surface area contributed by atoms with Gasteiger partial charge in [-0.25, -0.2) is 9.97 Å². The minimum Gasteiger partial charge on any atom is -0.355 e. The number of likely N-dealkylation sites (N-methyl/N-ethyl adjacent to an activating group) is 1. The molecule has 136 valence electrons. The fraction of sp³-hybridized carbons (Fsp3) is 0.611. The molecule has 0 unspecified atom stereocenters. The van der Waals surface area contributed by atoms with Gasteiger partial charge in [-0.3, -0.25) is 9.69 Å². The average Bonchev–Trinajstić information content (AvgIpc) is 2.83. The zero-order valence-electron chi connectivity index (χ0n) is 15.4. The zero-order valence-corrected chi connectivity index (χ0v) is 16.2. The van der Waals surface area contributed by atoms with Crippen molar-refractivity contribution in [1.82, 2.24) is 19.8 Å². The van der Waals surface area contributed by atoms with Gasteiger partial charge in [0.25, 0.3) is 0 Å². The van der Waals surface area contributed by atoms with E-state index in [4.69, 9.17) is 0 Å². The molecule has 7 heteroatoms. The number of amides is 1. The topological polar surface area (TPSA) is 52.6 Å². The number of hydrogen-bond donors (Lipinski definition) is 0. The third-order valence-electron chi connectivity index (χ3n) is 4.79. The third-order valence-corrected chi connectivity index (χ3v) is 5.75. The lowest BCUT2D eigenvalue weighted by Crippen LogP contribution is -2.41. The summed E-state index contributed by atoms with van der Waals surface area (Å²) in [5.41, 5.74) is 0. The molecule has 1 aliphatic rings. The van der Waals surface area contributed by atoms with Crippen molar-refractivity contribution in [2.45, 2.75) is 27.2 Å². The number of aromatic nitrogens is 2. The molecule has 0 N–H and O–H groups in total. The first-order valence-electron chi connectivity index (χ1n) is 9.08. The van der Waals surface area contributed by atoms with Gasteiger partial charge in [0, 0.05) is 44.1 Å². The second-order valence-corrected chi connectivity index (χ2v) is 7.69. The third kappa shape index (κ3) is 4.10. The summed E-state index contributed by atoms with van der Waals surface area (Å²) in [5.74, 6) is 1.27. The number of fused-ring (bicyclic) bond motifs is 1. The number of anilines is 1. The van der Waals surface area contributed by atoms with E-state index < -0.39 is 0 Å². The molecule has 3 heterocycles. The van der Waals surface area contributed by atoms with Crippen molar-refractivity contribution in [1.29, 1.82) is 0 Å². The quantitative estimate of drug-likeness (QED) is 0.818. The van der Waals surface area contributed by atoms with Crippen LogP contribution in [-0.4, -0.2) is 71.5 Å². The number of thiophene rings is 1. The number of hydrogen-bond acceptors (Lipinski definition) is 6. The standard InChI is InChI=1S/C18H27N5OS/c1-4-22(5-2)16(24)12-21-7-6-8-23(10-9-21)17-15-11-14(3)25-18(15)20-13-19-17/h11,13H,4-10,12H2,1-3H3. The molecule has 2 aromatic rings. The average molecular weight is 362 g/mol. The van der Waals surface area contributed by atoms with Crippen LogP contribution < -0.4 is 4.90 Å². The smallest absolute Gasteiger partial charge is 0.236 e. The van der Waals surface area contributed by atoms with E-state index in [2.05, 4.69) is 32.8 Å². The Morgan fingerprint density at radius 2 is 2.00 bits per heavy atom. The first-order chi connectivity index (χ1) is 12.1. The van der Waals surface area contributed by atoms with Crippen molar-refractivity contribution >= 4 is 33.3 Å². The first kappa shape index (κ1) is 18.1. The van der Waals surface area contributed by atoms with Crippen molar-refractivity contribution in [2.24, 2.45) is 0 Å². The summed E-state index contributed by atoms with van der Waals surface area (Å²) in [5, 5.41) is 1.15. The van der Waals surface area contributed by atoms with Crippen molar-refractivity contribution in [3.05, 3.63) is 17.3 Å². The highest BCUT2D eigenvalue weighted by Crippen LogP contribution is 2.30. The zero-order chi connectivity index (χ0) is 17.8. The van der Waals surface area contributed by atoms with E-state index in [1.165, 1.54) is 4.88 Å². The number of carbonyl (C=O) groups is 1. The number of nitrogens with zero attached hydrogens (tertiary/aromatic N) is 5. The van der Waals surface area contributed by atoms with Gasteiger partial charge in [-0.2, -0.15) is 0 Å². The van der Waals surface area contributed by atoms with Gasteiger partial charge in [-0.15, -0.1) is 11.3 Å². The maximum Gasteiger partial charge on any atom is 0.236 e. The Hall–Kier alpha value is -1.73. The minimum absolute atomic E-state index is 0.233. The van der Waals surface area contributed by atoms with Crippen molar-refractivity contribution in [2.75, 3.05) is 50.7 Å². The van der Waals surface area contributed by atoms with Crippen LogP contribution in [0.25, 0.3) is 10.2 Å². The maximum atomic E-state index is 12.4. The van der Waals surface area contributed by atoms with Crippen LogP contribution in [0, 0.1) is 6.92 Å². The monoisotopic (exact) mass is 361 g/mol. The minimum atomic E-state index is 0.233. The van der Waals surface area contributed by atoms with Gasteiger partial charge in [-0.1, -0.05) is 0 Å². The summed E-state index contributed by atoms with van der Waals surface area (Å²) in [6, 6.07) is 2.18. The van der Waals surface area contributed by atoms with E-state index in [1.807, 2.05) is 18.7 Å². The Morgan fingerprint density at radius 1 is 1.20 bits per heavy atom. The second-order valence-electron chi connectivity index (χ2n) is 6.46. The van der Waals surface area contributed by atoms with Gasteiger partial charge in [0.05, 0.1) is 11.9 Å². The molecule has 0 atom stereocenters. The van der Waals surface area contributed by atoms with Gasteiger partial charge in [0.1, 0.15) is 17.0 Å². The summed E-state index contributed by atoms with van der Waals surface area (Å²) in [6.45, 7) is 12.0. The Balaban J connectivity index is 1.68. The molecular formula is C18H27N5OS. The molecule has 25 heavy (non-hydrogen) atoms. The van der Waals surface area contributed by atoms with Crippen LogP contribution in [0.5, 0.6) is 0 Å². The fourth-order valence-corrected chi connectivity index (χ4v) is 4.27. The molecule has 1 saturated heterocycles. The number of rotatable bonds is 5. The lowest BCUT2D eigenvalue weighted by atomic mass is 10.3. The maximum absolute atomic E-state index is 12.4. The van der Waals surface area contributed by atoms with E-state index in [0.29, 0.717) is 6.54 Å². The molecule has 1 fully saturated rings. The van der Waals surface area contributed by atoms with Gasteiger partial charge in [-0.05, 0) is 33.3 Å². The molecule has 1 aliphatic heterocycles. The van der Waals surface area contributed by atoms with E-state index >= 15 is 0 Å². The first-order valence-corrected chi connectivity index (χ1v) is 9.90. The van der Waals surface area contributed by atoms with Gasteiger partial charge < -0.3 is 9.80 Å². The van der Waals surface area contributed by atoms with E-state index in [9.17, 15) is 4.79 Å². The Bertz CT molecular complexity index is 727. The van der Waals surface area contributed by atoms with Crippen LogP contribution in [0.15, 0.2) is 12.4 Å². The van der Waals surface area contributed by atoms with Gasteiger partial charge in [0.2, 0.25) is 5.91 Å². The lowest BCUT2D eigenvalue weighted by molar-refractivity contribution is -0.132. The fourth-order valence-electron chi connectivity index (χ4n) is 3.42. The van der Waals surface area contributed by atoms with Crippen LogP contribution in [0.2, 0.25) is 0 Å². The van der Waals surface area contributed by atoms with Gasteiger partial charge in [0.15, 0.2) is 0 Å². The highest BCUT2D eigenvalue weighted by Gasteiger charge is 2.21. The van der Waals surface area contributed by atoms with E-state index in [-0.39, 0.29) is 5.91 Å². The van der Waals surface area contributed by atoms with E-state index in [0.717, 1.165) is 61.7 Å². The molecule has 3 rings (SSSR count). The summed E-state index contributed by atoms with van der Waals surface area (Å²) >= 11 is 1.71. The molecule has 0 spiro atoms. The van der Waals surface area contributed by atoms with Crippen LogP contribution in [-0.2, 0) is 4.79 Å². The Labute approximate surface area is 153 Å². The predicted octanol–water partition coefficient (Wildman–Crippen LogP) is 2.38. The molecule has 1 amide bonds. The Kier molecular flexibility index (Phi) is 5.86. The molecular weight excluding hydrogens is 334 g/mol. The summed E-state index contributed by atoms with van der Waals surface area (Å²) in [7, 11) is 0. The highest BCUT2D eigenvalue weighted by atomic mass is 32.1. The van der Waals surface area contributed by atoms with Crippen molar-refractivity contribution < 1.29 is 4.79 Å². The summed E-state index contributed by atoms with van der Waals surface area (Å²) in [6.07, 6.45) is 2.71.